The van der Waals surface area contributed by atoms with Gasteiger partial charge in [0.1, 0.15) is 12.4 Å². The molecule has 0 unspecified atom stereocenters. The van der Waals surface area contributed by atoms with Crippen LogP contribution in [0.3, 0.4) is 0 Å². The van der Waals surface area contributed by atoms with Crippen LogP contribution in [-0.2, 0) is 11.2 Å². The van der Waals surface area contributed by atoms with Crippen molar-refractivity contribution >= 4 is 23.3 Å². The van der Waals surface area contributed by atoms with Gasteiger partial charge in [-0.2, -0.15) is 0 Å². The first-order valence-corrected chi connectivity index (χ1v) is 9.14. The lowest BCUT2D eigenvalue weighted by Gasteiger charge is -2.36. The SMILES string of the molecule is O=C(O)Cc1ccc(OCCN2CCN(c3cccc(Cl)c3)CC2)cc1. The van der Waals surface area contributed by atoms with Gasteiger partial charge in [-0.05, 0) is 35.9 Å². The highest BCUT2D eigenvalue weighted by molar-refractivity contribution is 6.30. The van der Waals surface area contributed by atoms with Crippen LogP contribution in [0.4, 0.5) is 5.69 Å². The zero-order valence-electron chi connectivity index (χ0n) is 14.6. The van der Waals surface area contributed by atoms with Gasteiger partial charge in [0, 0.05) is 43.4 Å². The van der Waals surface area contributed by atoms with Gasteiger partial charge in [0.15, 0.2) is 0 Å². The third-order valence-corrected chi connectivity index (χ3v) is 4.74. The zero-order chi connectivity index (χ0) is 18.4. The van der Waals surface area contributed by atoms with E-state index in [9.17, 15) is 4.79 Å². The van der Waals surface area contributed by atoms with Gasteiger partial charge in [-0.15, -0.1) is 0 Å². The van der Waals surface area contributed by atoms with Crippen LogP contribution >= 0.6 is 11.6 Å². The van der Waals surface area contributed by atoms with E-state index in [1.807, 2.05) is 30.3 Å². The number of halogens is 1. The minimum Gasteiger partial charge on any atom is -0.492 e. The fourth-order valence-corrected chi connectivity index (χ4v) is 3.26. The number of ether oxygens (including phenoxy) is 1. The number of carbonyl (C=O) groups is 1. The molecule has 3 rings (SSSR count). The van der Waals surface area contributed by atoms with E-state index < -0.39 is 5.97 Å². The van der Waals surface area contributed by atoms with E-state index >= 15 is 0 Å². The lowest BCUT2D eigenvalue weighted by molar-refractivity contribution is -0.136. The summed E-state index contributed by atoms with van der Waals surface area (Å²) in [6.45, 7) is 5.44. The summed E-state index contributed by atoms with van der Waals surface area (Å²) in [6.07, 6.45) is 0.0389. The highest BCUT2D eigenvalue weighted by Gasteiger charge is 2.17. The van der Waals surface area contributed by atoms with Gasteiger partial charge in [-0.3, -0.25) is 9.69 Å². The summed E-state index contributed by atoms with van der Waals surface area (Å²) >= 11 is 6.07. The molecule has 2 aromatic carbocycles. The van der Waals surface area contributed by atoms with E-state index in [0.717, 1.165) is 49.1 Å². The number of aliphatic carboxylic acids is 1. The lowest BCUT2D eigenvalue weighted by Crippen LogP contribution is -2.47. The minimum absolute atomic E-state index is 0.0389. The zero-order valence-corrected chi connectivity index (χ0v) is 15.4. The van der Waals surface area contributed by atoms with Crippen LogP contribution < -0.4 is 9.64 Å². The number of nitrogens with zero attached hydrogens (tertiary/aromatic N) is 2. The summed E-state index contributed by atoms with van der Waals surface area (Å²) in [5.74, 6) is -0.0488. The Hall–Kier alpha value is -2.24. The minimum atomic E-state index is -0.824. The maximum absolute atomic E-state index is 10.7. The molecule has 1 aliphatic rings. The number of rotatable bonds is 7. The quantitative estimate of drug-likeness (QED) is 0.806. The molecule has 0 aliphatic carbocycles. The van der Waals surface area contributed by atoms with Crippen LogP contribution in [0.25, 0.3) is 0 Å². The van der Waals surface area contributed by atoms with Crippen LogP contribution in [-0.4, -0.2) is 55.3 Å². The Morgan fingerprint density at radius 3 is 2.46 bits per heavy atom. The molecule has 1 saturated heterocycles. The third-order valence-electron chi connectivity index (χ3n) is 4.50. The van der Waals surface area contributed by atoms with Crippen molar-refractivity contribution in [2.75, 3.05) is 44.2 Å². The van der Waals surface area contributed by atoms with Gasteiger partial charge in [0.25, 0.3) is 0 Å². The average molecular weight is 375 g/mol. The van der Waals surface area contributed by atoms with Gasteiger partial charge in [-0.25, -0.2) is 0 Å². The standard InChI is InChI=1S/C20H23ClN2O3/c21-17-2-1-3-18(15-17)23-10-8-22(9-11-23)12-13-26-19-6-4-16(5-7-19)14-20(24)25/h1-7,15H,8-14H2,(H,24,25). The lowest BCUT2D eigenvalue weighted by atomic mass is 10.1. The number of carboxylic acid groups (broad SMARTS) is 1. The van der Waals surface area contributed by atoms with Crippen molar-refractivity contribution in [1.29, 1.82) is 0 Å². The molecule has 138 valence electrons. The molecule has 1 aliphatic heterocycles. The number of carboxylic acids is 1. The van der Waals surface area contributed by atoms with Crippen molar-refractivity contribution in [3.05, 3.63) is 59.1 Å². The van der Waals surface area contributed by atoms with Crippen LogP contribution in [0.2, 0.25) is 5.02 Å². The summed E-state index contributed by atoms with van der Waals surface area (Å²) < 4.78 is 5.78. The molecule has 0 bridgehead atoms. The maximum atomic E-state index is 10.7. The van der Waals surface area contributed by atoms with E-state index in [2.05, 4.69) is 15.9 Å². The molecule has 0 amide bonds. The molecule has 0 radical (unpaired) electrons. The fourth-order valence-electron chi connectivity index (χ4n) is 3.07. The first-order valence-electron chi connectivity index (χ1n) is 8.76. The smallest absolute Gasteiger partial charge is 0.307 e. The summed E-state index contributed by atoms with van der Waals surface area (Å²) in [6, 6.07) is 15.2. The molecule has 1 fully saturated rings. The third kappa shape index (κ3) is 5.38. The summed E-state index contributed by atoms with van der Waals surface area (Å²) in [4.78, 5) is 15.4. The number of hydrogen-bond donors (Lipinski definition) is 1. The molecule has 1 heterocycles. The number of piperazine rings is 1. The van der Waals surface area contributed by atoms with Crippen molar-refractivity contribution in [2.45, 2.75) is 6.42 Å². The number of anilines is 1. The van der Waals surface area contributed by atoms with E-state index in [1.165, 1.54) is 5.69 Å². The maximum Gasteiger partial charge on any atom is 0.307 e. The van der Waals surface area contributed by atoms with Gasteiger partial charge < -0.3 is 14.7 Å². The largest absolute Gasteiger partial charge is 0.492 e. The Morgan fingerprint density at radius 1 is 1.08 bits per heavy atom. The van der Waals surface area contributed by atoms with E-state index in [4.69, 9.17) is 21.4 Å². The second-order valence-electron chi connectivity index (χ2n) is 6.37. The Morgan fingerprint density at radius 2 is 1.81 bits per heavy atom. The predicted molar refractivity (Wildman–Crippen MR) is 103 cm³/mol. The van der Waals surface area contributed by atoms with Crippen LogP contribution in [0.5, 0.6) is 5.75 Å². The molecule has 1 N–H and O–H groups in total. The van der Waals surface area contributed by atoms with Crippen LogP contribution in [0.15, 0.2) is 48.5 Å². The van der Waals surface area contributed by atoms with Crippen molar-refractivity contribution in [3.63, 3.8) is 0 Å². The normalized spacial score (nSPS) is 15.0. The van der Waals surface area contributed by atoms with E-state index in [1.54, 1.807) is 12.1 Å². The molecule has 26 heavy (non-hydrogen) atoms. The molecule has 0 saturated carbocycles. The second kappa shape index (κ2) is 8.92. The molecule has 0 aromatic heterocycles. The van der Waals surface area contributed by atoms with E-state index in [-0.39, 0.29) is 6.42 Å². The molecule has 6 heteroatoms. The summed E-state index contributed by atoms with van der Waals surface area (Å²) in [5.41, 5.74) is 1.96. The van der Waals surface area contributed by atoms with Crippen LogP contribution in [0.1, 0.15) is 5.56 Å². The first kappa shape index (κ1) is 18.5. The van der Waals surface area contributed by atoms with Gasteiger partial charge in [0.2, 0.25) is 0 Å². The molecule has 0 atom stereocenters. The summed E-state index contributed by atoms with van der Waals surface area (Å²) in [7, 11) is 0. The molecular weight excluding hydrogens is 352 g/mol. The predicted octanol–water partition coefficient (Wildman–Crippen LogP) is 3.17. The Bertz CT molecular complexity index is 728. The second-order valence-corrected chi connectivity index (χ2v) is 6.81. The highest BCUT2D eigenvalue weighted by Crippen LogP contribution is 2.20. The van der Waals surface area contributed by atoms with Gasteiger partial charge >= 0.3 is 5.97 Å². The van der Waals surface area contributed by atoms with Crippen molar-refractivity contribution < 1.29 is 14.6 Å². The molecule has 2 aromatic rings. The monoisotopic (exact) mass is 374 g/mol. The Labute approximate surface area is 158 Å². The first-order chi connectivity index (χ1) is 12.6. The number of hydrogen-bond acceptors (Lipinski definition) is 4. The van der Waals surface area contributed by atoms with Gasteiger partial charge in [-0.1, -0.05) is 29.8 Å². The van der Waals surface area contributed by atoms with Crippen molar-refractivity contribution in [3.8, 4) is 5.75 Å². The van der Waals surface area contributed by atoms with Crippen molar-refractivity contribution in [1.82, 2.24) is 4.90 Å². The highest BCUT2D eigenvalue weighted by atomic mass is 35.5. The fraction of sp³-hybridized carbons (Fsp3) is 0.350. The van der Waals surface area contributed by atoms with E-state index in [0.29, 0.717) is 6.61 Å². The number of benzene rings is 2. The Balaban J connectivity index is 1.39. The summed E-state index contributed by atoms with van der Waals surface area (Å²) in [5, 5.41) is 9.55. The molecular formula is C20H23ClN2O3. The Kier molecular flexibility index (Phi) is 6.36. The average Bonchev–Trinajstić information content (AvgIpc) is 2.63. The molecule has 0 spiro atoms. The van der Waals surface area contributed by atoms with Crippen LogP contribution in [0, 0.1) is 0 Å². The molecule has 5 nitrogen and oxygen atoms in total. The topological polar surface area (TPSA) is 53.0 Å². The van der Waals surface area contributed by atoms with Gasteiger partial charge in [0.05, 0.1) is 6.42 Å². The van der Waals surface area contributed by atoms with Crippen molar-refractivity contribution in [2.24, 2.45) is 0 Å².